The fraction of sp³-hybridized carbons (Fsp3) is 0.905. The van der Waals surface area contributed by atoms with E-state index in [9.17, 15) is 26.4 Å². The molecule has 2 aliphatic carbocycles. The molecule has 0 aromatic heterocycles. The molecule has 2 spiro atoms. The smallest absolute Gasteiger partial charge is 0.310 e. The van der Waals surface area contributed by atoms with E-state index in [0.717, 1.165) is 38.5 Å². The highest BCUT2D eigenvalue weighted by Gasteiger charge is 2.58. The zero-order valence-electron chi connectivity index (χ0n) is 18.2. The molecule has 8 nitrogen and oxygen atoms in total. The van der Waals surface area contributed by atoms with Crippen LogP contribution in [0.2, 0.25) is 0 Å². The molecule has 4 aliphatic rings. The maximum Gasteiger partial charge on any atom is 0.310 e. The third kappa shape index (κ3) is 4.14. The second kappa shape index (κ2) is 9.00. The minimum Gasteiger partial charge on any atom is -0.481 e. The topological polar surface area (TPSA) is 132 Å². The molecule has 178 valence electrons. The lowest BCUT2D eigenvalue weighted by molar-refractivity contribution is -0.147. The van der Waals surface area contributed by atoms with Crippen molar-refractivity contribution in [1.29, 1.82) is 0 Å². The van der Waals surface area contributed by atoms with Gasteiger partial charge < -0.3 is 9.84 Å². The molecule has 31 heavy (non-hydrogen) atoms. The van der Waals surface area contributed by atoms with Gasteiger partial charge in [0.05, 0.1) is 39.9 Å². The lowest BCUT2D eigenvalue weighted by Crippen LogP contribution is -2.45. The predicted molar refractivity (Wildman–Crippen MR) is 115 cm³/mol. The molecule has 2 saturated heterocycles. The van der Waals surface area contributed by atoms with Crippen molar-refractivity contribution in [1.82, 2.24) is 0 Å². The molecule has 2 heterocycles. The number of hydrogen-bond acceptors (Lipinski definition) is 7. The second-order valence-electron chi connectivity index (χ2n) is 9.43. The average molecular weight is 479 g/mol. The average Bonchev–Trinajstić information content (AvgIpc) is 3.13. The molecule has 0 aromatic rings. The fourth-order valence-corrected chi connectivity index (χ4v) is 11.4. The number of carboxylic acids is 1. The monoisotopic (exact) mass is 478 g/mol. The molecule has 2 aliphatic heterocycles. The van der Waals surface area contributed by atoms with Crippen molar-refractivity contribution in [3.05, 3.63) is 0 Å². The SMILES string of the molecule is COC(=O)C1CCS(=O)(=O)C12CCCCC2.O=C(O)C1CCS(=O)(=O)C12CCCCC2. The number of esters is 1. The van der Waals surface area contributed by atoms with Crippen LogP contribution in [0.25, 0.3) is 0 Å². The molecule has 0 aromatic carbocycles. The van der Waals surface area contributed by atoms with Gasteiger partial charge in [0.15, 0.2) is 19.7 Å². The minimum absolute atomic E-state index is 0.0595. The molecule has 0 radical (unpaired) electrons. The Morgan fingerprint density at radius 1 is 0.742 bits per heavy atom. The number of rotatable bonds is 2. The van der Waals surface area contributed by atoms with E-state index in [2.05, 4.69) is 0 Å². The van der Waals surface area contributed by atoms with Crippen molar-refractivity contribution in [3.8, 4) is 0 Å². The standard InChI is InChI=1S/C11H18O4S.C10H16O4S/c1-15-10(12)9-5-8-16(13,14)11(9)6-3-2-4-7-11;11-9(12)8-4-7-15(13,14)10(8)5-2-1-3-6-10/h9H,2-8H2,1H3;8H,1-7H2,(H,11,12). The van der Waals surface area contributed by atoms with E-state index < -0.39 is 47.0 Å². The van der Waals surface area contributed by atoms with Crippen LogP contribution in [-0.2, 0) is 34.0 Å². The normalized spacial score (nSPS) is 32.2. The molecule has 2 saturated carbocycles. The van der Waals surface area contributed by atoms with E-state index in [1.165, 1.54) is 7.11 Å². The van der Waals surface area contributed by atoms with Crippen LogP contribution >= 0.6 is 0 Å². The van der Waals surface area contributed by atoms with Gasteiger partial charge in [-0.25, -0.2) is 16.8 Å². The van der Waals surface area contributed by atoms with Crippen LogP contribution in [0.1, 0.15) is 77.0 Å². The van der Waals surface area contributed by atoms with E-state index in [-0.39, 0.29) is 17.5 Å². The van der Waals surface area contributed by atoms with Gasteiger partial charge in [0.1, 0.15) is 0 Å². The highest BCUT2D eigenvalue weighted by molar-refractivity contribution is 7.93. The zero-order valence-corrected chi connectivity index (χ0v) is 19.8. The van der Waals surface area contributed by atoms with Crippen LogP contribution < -0.4 is 0 Å². The Morgan fingerprint density at radius 3 is 1.52 bits per heavy atom. The third-order valence-electron chi connectivity index (χ3n) is 8.04. The van der Waals surface area contributed by atoms with Crippen molar-refractivity contribution in [2.45, 2.75) is 86.5 Å². The van der Waals surface area contributed by atoms with E-state index in [0.29, 0.717) is 38.5 Å². The first-order chi connectivity index (χ1) is 14.5. The molecular weight excluding hydrogens is 444 g/mol. The molecule has 0 bridgehead atoms. The molecule has 4 rings (SSSR count). The van der Waals surface area contributed by atoms with Crippen molar-refractivity contribution in [2.75, 3.05) is 18.6 Å². The molecule has 2 unspecified atom stereocenters. The van der Waals surface area contributed by atoms with Crippen LogP contribution in [0.5, 0.6) is 0 Å². The Labute approximate surface area is 185 Å². The van der Waals surface area contributed by atoms with E-state index in [4.69, 9.17) is 9.84 Å². The van der Waals surface area contributed by atoms with Crippen molar-refractivity contribution in [2.24, 2.45) is 11.8 Å². The molecule has 4 fully saturated rings. The summed E-state index contributed by atoms with van der Waals surface area (Å²) in [5.74, 6) is -2.16. The molecule has 10 heteroatoms. The van der Waals surface area contributed by atoms with Crippen LogP contribution in [0, 0.1) is 11.8 Å². The number of methoxy groups -OCH3 is 1. The fourth-order valence-electron chi connectivity index (χ4n) is 6.35. The maximum absolute atomic E-state index is 12.2. The van der Waals surface area contributed by atoms with E-state index in [1.807, 2.05) is 0 Å². The summed E-state index contributed by atoms with van der Waals surface area (Å²) < 4.78 is 51.3. The summed E-state index contributed by atoms with van der Waals surface area (Å²) in [7, 11) is -4.96. The van der Waals surface area contributed by atoms with Gasteiger partial charge in [0.2, 0.25) is 0 Å². The lowest BCUT2D eigenvalue weighted by Gasteiger charge is -2.36. The third-order valence-corrected chi connectivity index (χ3v) is 13.5. The lowest BCUT2D eigenvalue weighted by atomic mass is 9.78. The van der Waals surface area contributed by atoms with Crippen LogP contribution in [0.3, 0.4) is 0 Å². The quantitative estimate of drug-likeness (QED) is 0.599. The minimum atomic E-state index is -3.18. The van der Waals surface area contributed by atoms with Gasteiger partial charge in [-0.3, -0.25) is 9.59 Å². The van der Waals surface area contributed by atoms with E-state index >= 15 is 0 Å². The Hall–Kier alpha value is -1.16. The van der Waals surface area contributed by atoms with E-state index in [1.54, 1.807) is 0 Å². The first-order valence-corrected chi connectivity index (χ1v) is 14.6. The number of hydrogen-bond donors (Lipinski definition) is 1. The van der Waals surface area contributed by atoms with Gasteiger partial charge in [-0.1, -0.05) is 38.5 Å². The van der Waals surface area contributed by atoms with Crippen molar-refractivity contribution >= 4 is 31.6 Å². The summed E-state index contributed by atoms with van der Waals surface area (Å²) in [6.07, 6.45) is 8.73. The van der Waals surface area contributed by atoms with Gasteiger partial charge in [-0.2, -0.15) is 0 Å². The van der Waals surface area contributed by atoms with Crippen molar-refractivity contribution < 1.29 is 36.3 Å². The highest BCUT2D eigenvalue weighted by atomic mass is 32.2. The molecule has 0 amide bonds. The summed E-state index contributed by atoms with van der Waals surface area (Å²) in [5.41, 5.74) is 0. The number of carbonyl (C=O) groups is 2. The number of carboxylic acid groups (broad SMARTS) is 1. The Morgan fingerprint density at radius 2 is 1.13 bits per heavy atom. The largest absolute Gasteiger partial charge is 0.481 e. The number of carbonyl (C=O) groups excluding carboxylic acids is 1. The number of ether oxygens (including phenoxy) is 1. The highest BCUT2D eigenvalue weighted by Crippen LogP contribution is 2.49. The summed E-state index contributed by atoms with van der Waals surface area (Å²) in [6.45, 7) is 0. The van der Waals surface area contributed by atoms with Gasteiger partial charge in [0.25, 0.3) is 0 Å². The maximum atomic E-state index is 12.2. The molecule has 2 atom stereocenters. The van der Waals surface area contributed by atoms with Crippen LogP contribution in [0.15, 0.2) is 0 Å². The zero-order chi connectivity index (χ0) is 22.9. The number of aliphatic carboxylic acids is 1. The summed E-state index contributed by atoms with van der Waals surface area (Å²) in [5, 5.41) is 9.10. The van der Waals surface area contributed by atoms with Gasteiger partial charge in [-0.15, -0.1) is 0 Å². The summed E-state index contributed by atoms with van der Waals surface area (Å²) >= 11 is 0. The van der Waals surface area contributed by atoms with Crippen molar-refractivity contribution in [3.63, 3.8) is 0 Å². The molecule has 1 N–H and O–H groups in total. The Bertz CT molecular complexity index is 894. The summed E-state index contributed by atoms with van der Waals surface area (Å²) in [4.78, 5) is 22.8. The second-order valence-corrected chi connectivity index (χ2v) is 14.3. The number of sulfone groups is 2. The molecular formula is C21H34O8S2. The van der Waals surface area contributed by atoms with Gasteiger partial charge in [0, 0.05) is 0 Å². The predicted octanol–water partition coefficient (Wildman–Crippen LogP) is 2.51. The first kappa shape index (κ1) is 24.5. The first-order valence-electron chi connectivity index (χ1n) is 11.3. The van der Waals surface area contributed by atoms with Crippen LogP contribution in [-0.4, -0.2) is 62.0 Å². The van der Waals surface area contributed by atoms with Gasteiger partial charge >= 0.3 is 11.9 Å². The Balaban J connectivity index is 0.000000176. The van der Waals surface area contributed by atoms with Gasteiger partial charge in [-0.05, 0) is 38.5 Å². The van der Waals surface area contributed by atoms with Crippen LogP contribution in [0.4, 0.5) is 0 Å². The Kier molecular flexibility index (Phi) is 7.11. The summed E-state index contributed by atoms with van der Waals surface area (Å²) in [6, 6.07) is 0.